The van der Waals surface area contributed by atoms with Crippen LogP contribution in [0.5, 0.6) is 0 Å². The second-order valence-corrected chi connectivity index (χ2v) is 4.47. The fourth-order valence-electron chi connectivity index (χ4n) is 2.12. The first-order chi connectivity index (χ1) is 7.90. The van der Waals surface area contributed by atoms with Gasteiger partial charge in [-0.05, 0) is 12.8 Å². The van der Waals surface area contributed by atoms with Crippen LogP contribution in [0.3, 0.4) is 0 Å². The van der Waals surface area contributed by atoms with E-state index in [4.69, 9.17) is 16.3 Å². The largest absolute Gasteiger partial charge is 0.376 e. The summed E-state index contributed by atoms with van der Waals surface area (Å²) in [5.74, 6) is 1.22. The quantitative estimate of drug-likeness (QED) is 0.746. The molecule has 1 aromatic rings. The average Bonchev–Trinajstić information content (AvgIpc) is 2.78. The zero-order valence-electron chi connectivity index (χ0n) is 9.44. The third kappa shape index (κ3) is 3.19. The van der Waals surface area contributed by atoms with E-state index in [-0.39, 0.29) is 0 Å². The molecular weight excluding hydrogens is 226 g/mol. The van der Waals surface area contributed by atoms with Crippen molar-refractivity contribution in [3.8, 4) is 0 Å². The molecule has 0 spiro atoms. The Morgan fingerprint density at radius 1 is 1.38 bits per heavy atom. The Hall–Kier alpha value is -0.610. The summed E-state index contributed by atoms with van der Waals surface area (Å²) in [6.07, 6.45) is 8.58. The molecule has 0 atom stereocenters. The smallest absolute Gasteiger partial charge is 0.147 e. The lowest BCUT2D eigenvalue weighted by atomic mass is 9.98. The molecule has 90 valence electrons. The van der Waals surface area contributed by atoms with Crippen molar-refractivity contribution in [3.05, 3.63) is 12.2 Å². The van der Waals surface area contributed by atoms with Gasteiger partial charge in [0.15, 0.2) is 0 Å². The van der Waals surface area contributed by atoms with Crippen LogP contribution in [0.2, 0.25) is 0 Å². The Kier molecular flexibility index (Phi) is 4.60. The van der Waals surface area contributed by atoms with Crippen molar-refractivity contribution in [3.63, 3.8) is 0 Å². The van der Waals surface area contributed by atoms with Crippen LogP contribution in [0.15, 0.2) is 6.33 Å². The summed E-state index contributed by atoms with van der Waals surface area (Å²) >= 11 is 5.74. The van der Waals surface area contributed by atoms with Gasteiger partial charge >= 0.3 is 0 Å². The van der Waals surface area contributed by atoms with Gasteiger partial charge in [-0.1, -0.05) is 19.3 Å². The van der Waals surface area contributed by atoms with Gasteiger partial charge in [-0.15, -0.1) is 21.8 Å². The van der Waals surface area contributed by atoms with Gasteiger partial charge in [0.25, 0.3) is 0 Å². The van der Waals surface area contributed by atoms with E-state index in [0.717, 1.165) is 19.0 Å². The molecule has 0 aromatic carbocycles. The van der Waals surface area contributed by atoms with E-state index in [9.17, 15) is 0 Å². The van der Waals surface area contributed by atoms with Crippen molar-refractivity contribution in [2.24, 2.45) is 0 Å². The summed E-state index contributed by atoms with van der Waals surface area (Å²) in [4.78, 5) is 0. The molecule has 2 rings (SSSR count). The summed E-state index contributed by atoms with van der Waals surface area (Å²) in [6.45, 7) is 1.53. The standard InChI is InChI=1S/C11H18ClN3O/c12-8-11-14-13-9-15(11)6-7-16-10-4-2-1-3-5-10/h9-10H,1-8H2. The SMILES string of the molecule is ClCc1nncn1CCOC1CCCCC1. The van der Waals surface area contributed by atoms with Crippen LogP contribution in [-0.4, -0.2) is 27.5 Å². The lowest BCUT2D eigenvalue weighted by Gasteiger charge is -2.22. The molecule has 1 aromatic heterocycles. The molecule has 0 N–H and O–H groups in total. The molecule has 0 amide bonds. The van der Waals surface area contributed by atoms with Crippen LogP contribution >= 0.6 is 11.6 Å². The van der Waals surface area contributed by atoms with Crippen LogP contribution in [0.1, 0.15) is 37.9 Å². The van der Waals surface area contributed by atoms with Gasteiger partial charge in [-0.2, -0.15) is 0 Å². The Labute approximate surface area is 101 Å². The van der Waals surface area contributed by atoms with Crippen LogP contribution in [0.4, 0.5) is 0 Å². The normalized spacial score (nSPS) is 17.8. The van der Waals surface area contributed by atoms with E-state index in [1.165, 1.54) is 32.1 Å². The van der Waals surface area contributed by atoms with E-state index in [1.54, 1.807) is 6.33 Å². The number of alkyl halides is 1. The predicted molar refractivity (Wildman–Crippen MR) is 62.4 cm³/mol. The molecule has 0 radical (unpaired) electrons. The number of hydrogen-bond donors (Lipinski definition) is 0. The number of rotatable bonds is 5. The van der Waals surface area contributed by atoms with Crippen molar-refractivity contribution in [2.45, 2.75) is 50.6 Å². The van der Waals surface area contributed by atoms with Crippen LogP contribution in [0.25, 0.3) is 0 Å². The minimum atomic E-state index is 0.406. The molecule has 4 nitrogen and oxygen atoms in total. The zero-order valence-corrected chi connectivity index (χ0v) is 10.2. The lowest BCUT2D eigenvalue weighted by Crippen LogP contribution is -2.19. The molecule has 1 heterocycles. The van der Waals surface area contributed by atoms with Gasteiger partial charge in [0.1, 0.15) is 12.2 Å². The summed E-state index contributed by atoms with van der Waals surface area (Å²) in [7, 11) is 0. The number of nitrogens with zero attached hydrogens (tertiary/aromatic N) is 3. The van der Waals surface area contributed by atoms with E-state index >= 15 is 0 Å². The summed E-state index contributed by atoms with van der Waals surface area (Å²) in [5.41, 5.74) is 0. The van der Waals surface area contributed by atoms with Crippen molar-refractivity contribution in [2.75, 3.05) is 6.61 Å². The average molecular weight is 244 g/mol. The first kappa shape index (κ1) is 11.9. The second kappa shape index (κ2) is 6.21. The highest BCUT2D eigenvalue weighted by atomic mass is 35.5. The van der Waals surface area contributed by atoms with Crippen molar-refractivity contribution in [1.29, 1.82) is 0 Å². The van der Waals surface area contributed by atoms with E-state index in [0.29, 0.717) is 12.0 Å². The maximum Gasteiger partial charge on any atom is 0.147 e. The molecule has 1 saturated carbocycles. The Morgan fingerprint density at radius 2 is 2.19 bits per heavy atom. The fourth-order valence-corrected chi connectivity index (χ4v) is 2.33. The molecule has 5 heteroatoms. The molecular formula is C11H18ClN3O. The maximum absolute atomic E-state index is 5.84. The van der Waals surface area contributed by atoms with Crippen molar-refractivity contribution >= 4 is 11.6 Å². The van der Waals surface area contributed by atoms with Crippen LogP contribution in [-0.2, 0) is 17.2 Å². The first-order valence-electron chi connectivity index (χ1n) is 5.94. The van der Waals surface area contributed by atoms with Crippen molar-refractivity contribution < 1.29 is 4.74 Å². The van der Waals surface area contributed by atoms with Crippen LogP contribution < -0.4 is 0 Å². The molecule has 0 saturated heterocycles. The number of aromatic nitrogens is 3. The topological polar surface area (TPSA) is 39.9 Å². The Balaban J connectivity index is 1.71. The van der Waals surface area contributed by atoms with Gasteiger partial charge in [-0.3, -0.25) is 0 Å². The molecule has 0 unspecified atom stereocenters. The Bertz CT molecular complexity index is 310. The van der Waals surface area contributed by atoms with E-state index in [2.05, 4.69) is 10.2 Å². The summed E-state index contributed by atoms with van der Waals surface area (Å²) in [5, 5.41) is 7.76. The highest BCUT2D eigenvalue weighted by Crippen LogP contribution is 2.20. The van der Waals surface area contributed by atoms with Gasteiger partial charge in [0, 0.05) is 6.54 Å². The van der Waals surface area contributed by atoms with Gasteiger partial charge in [0.05, 0.1) is 18.6 Å². The predicted octanol–water partition coefficient (Wildman–Crippen LogP) is 2.37. The molecule has 1 aliphatic carbocycles. The van der Waals surface area contributed by atoms with Gasteiger partial charge in [-0.25, -0.2) is 0 Å². The monoisotopic (exact) mass is 243 g/mol. The summed E-state index contributed by atoms with van der Waals surface area (Å²) in [6, 6.07) is 0. The Morgan fingerprint density at radius 3 is 2.94 bits per heavy atom. The minimum Gasteiger partial charge on any atom is -0.376 e. The van der Waals surface area contributed by atoms with E-state index < -0.39 is 0 Å². The number of hydrogen-bond acceptors (Lipinski definition) is 3. The molecule has 0 aliphatic heterocycles. The highest BCUT2D eigenvalue weighted by Gasteiger charge is 2.13. The third-order valence-electron chi connectivity index (χ3n) is 3.05. The molecule has 1 aliphatic rings. The van der Waals surface area contributed by atoms with Gasteiger partial charge in [0.2, 0.25) is 0 Å². The maximum atomic E-state index is 5.84. The zero-order chi connectivity index (χ0) is 11.2. The third-order valence-corrected chi connectivity index (χ3v) is 3.29. The molecule has 16 heavy (non-hydrogen) atoms. The lowest BCUT2D eigenvalue weighted by molar-refractivity contribution is 0.0238. The number of ether oxygens (including phenoxy) is 1. The van der Waals surface area contributed by atoms with Gasteiger partial charge < -0.3 is 9.30 Å². The first-order valence-corrected chi connectivity index (χ1v) is 6.48. The van der Waals surface area contributed by atoms with Crippen LogP contribution in [0, 0.1) is 0 Å². The fraction of sp³-hybridized carbons (Fsp3) is 0.818. The highest BCUT2D eigenvalue weighted by molar-refractivity contribution is 6.16. The summed E-state index contributed by atoms with van der Waals surface area (Å²) < 4.78 is 7.79. The second-order valence-electron chi connectivity index (χ2n) is 4.21. The molecule has 1 fully saturated rings. The number of halogens is 1. The minimum absolute atomic E-state index is 0.406. The van der Waals surface area contributed by atoms with Crippen molar-refractivity contribution in [1.82, 2.24) is 14.8 Å². The van der Waals surface area contributed by atoms with E-state index in [1.807, 2.05) is 4.57 Å². The molecule has 0 bridgehead atoms.